The van der Waals surface area contributed by atoms with Gasteiger partial charge in [-0.1, -0.05) is 56.0 Å². The number of hydrogen-bond donors (Lipinski definition) is 0. The summed E-state index contributed by atoms with van der Waals surface area (Å²) in [6, 6.07) is 17.6. The summed E-state index contributed by atoms with van der Waals surface area (Å²) >= 11 is 0. The number of ether oxygens (including phenoxy) is 1. The Balaban J connectivity index is 2.37. The van der Waals surface area contributed by atoms with Crippen LogP contribution in [-0.4, -0.2) is 18.3 Å². The molecular weight excluding hydrogens is 310 g/mol. The third-order valence-electron chi connectivity index (χ3n) is 4.12. The van der Waals surface area contributed by atoms with Gasteiger partial charge in [-0.05, 0) is 35.6 Å². The molecule has 0 radical (unpaired) electrons. The highest BCUT2D eigenvalue weighted by Gasteiger charge is 2.15. The van der Waals surface area contributed by atoms with Gasteiger partial charge < -0.3 is 4.74 Å². The SMILES string of the molecule is COCC#Cc1cccc2cc(C(C)C)n(-c3ccccc3)c(=O)c12. The van der Waals surface area contributed by atoms with Gasteiger partial charge in [0.2, 0.25) is 0 Å². The van der Waals surface area contributed by atoms with E-state index in [-0.39, 0.29) is 11.5 Å². The molecule has 126 valence electrons. The van der Waals surface area contributed by atoms with Gasteiger partial charge in [0, 0.05) is 24.1 Å². The number of rotatable bonds is 3. The number of nitrogens with zero attached hydrogens (tertiary/aromatic N) is 1. The van der Waals surface area contributed by atoms with Crippen LogP contribution < -0.4 is 5.56 Å². The number of fused-ring (bicyclic) bond motifs is 1. The van der Waals surface area contributed by atoms with Crippen LogP contribution in [0.15, 0.2) is 59.4 Å². The Morgan fingerprint density at radius 1 is 1.08 bits per heavy atom. The van der Waals surface area contributed by atoms with Gasteiger partial charge in [-0.3, -0.25) is 9.36 Å². The largest absolute Gasteiger partial charge is 0.372 e. The second kappa shape index (κ2) is 7.38. The molecule has 0 saturated heterocycles. The lowest BCUT2D eigenvalue weighted by Gasteiger charge is -2.17. The Morgan fingerprint density at radius 2 is 1.84 bits per heavy atom. The molecule has 3 aromatic rings. The molecule has 0 unspecified atom stereocenters. The summed E-state index contributed by atoms with van der Waals surface area (Å²) in [5, 5.41) is 1.57. The summed E-state index contributed by atoms with van der Waals surface area (Å²) in [5.41, 5.74) is 2.57. The Kier molecular flexibility index (Phi) is 5.02. The maximum absolute atomic E-state index is 13.4. The fraction of sp³-hybridized carbons (Fsp3) is 0.227. The first-order valence-corrected chi connectivity index (χ1v) is 8.35. The van der Waals surface area contributed by atoms with E-state index in [0.29, 0.717) is 12.0 Å². The number of para-hydroxylation sites is 1. The molecule has 2 aromatic carbocycles. The zero-order chi connectivity index (χ0) is 17.8. The summed E-state index contributed by atoms with van der Waals surface area (Å²) in [6.45, 7) is 4.54. The standard InChI is InChI=1S/C22H21NO2/c1-16(2)20-15-18-10-7-9-17(11-8-14-25-3)21(18)22(24)23(20)19-12-5-4-6-13-19/h4-7,9-10,12-13,15-16H,14H2,1-3H3. The molecule has 0 fully saturated rings. The van der Waals surface area contributed by atoms with E-state index in [2.05, 4.69) is 31.8 Å². The van der Waals surface area contributed by atoms with E-state index in [1.807, 2.05) is 48.5 Å². The van der Waals surface area contributed by atoms with Crippen molar-refractivity contribution in [3.8, 4) is 17.5 Å². The van der Waals surface area contributed by atoms with E-state index in [4.69, 9.17) is 4.74 Å². The van der Waals surface area contributed by atoms with Gasteiger partial charge in [0.25, 0.3) is 5.56 Å². The molecule has 1 aromatic heterocycles. The normalized spacial score (nSPS) is 10.7. The van der Waals surface area contributed by atoms with Crippen LogP contribution in [0.4, 0.5) is 0 Å². The van der Waals surface area contributed by atoms with Gasteiger partial charge in [0.05, 0.1) is 5.39 Å². The molecule has 0 aliphatic rings. The van der Waals surface area contributed by atoms with Gasteiger partial charge in [-0.2, -0.15) is 0 Å². The molecule has 3 rings (SSSR count). The van der Waals surface area contributed by atoms with Gasteiger partial charge >= 0.3 is 0 Å². The van der Waals surface area contributed by atoms with Crippen molar-refractivity contribution in [2.24, 2.45) is 0 Å². The predicted octanol–water partition coefficient (Wildman–Crippen LogP) is 4.11. The summed E-state index contributed by atoms with van der Waals surface area (Å²) in [5.74, 6) is 6.24. The molecule has 0 bridgehead atoms. The fourth-order valence-corrected chi connectivity index (χ4v) is 2.96. The van der Waals surface area contributed by atoms with Crippen LogP contribution in [-0.2, 0) is 4.74 Å². The smallest absolute Gasteiger partial charge is 0.264 e. The van der Waals surface area contributed by atoms with Gasteiger partial charge in [0.1, 0.15) is 6.61 Å². The maximum atomic E-state index is 13.4. The van der Waals surface area contributed by atoms with Crippen LogP contribution in [0.25, 0.3) is 16.5 Å². The monoisotopic (exact) mass is 331 g/mol. The van der Waals surface area contributed by atoms with Crippen molar-refractivity contribution in [2.45, 2.75) is 19.8 Å². The minimum Gasteiger partial charge on any atom is -0.372 e. The van der Waals surface area contributed by atoms with Crippen LogP contribution in [0, 0.1) is 11.8 Å². The third-order valence-corrected chi connectivity index (χ3v) is 4.12. The van der Waals surface area contributed by atoms with E-state index in [1.54, 1.807) is 11.7 Å². The molecule has 3 heteroatoms. The maximum Gasteiger partial charge on any atom is 0.264 e. The average molecular weight is 331 g/mol. The zero-order valence-electron chi connectivity index (χ0n) is 14.7. The second-order valence-electron chi connectivity index (χ2n) is 6.20. The fourth-order valence-electron chi connectivity index (χ4n) is 2.96. The number of pyridine rings is 1. The van der Waals surface area contributed by atoms with E-state index < -0.39 is 0 Å². The lowest BCUT2D eigenvalue weighted by atomic mass is 10.0. The molecule has 0 N–H and O–H groups in total. The van der Waals surface area contributed by atoms with Crippen molar-refractivity contribution >= 4 is 10.8 Å². The van der Waals surface area contributed by atoms with Gasteiger partial charge in [0.15, 0.2) is 0 Å². The summed E-state index contributed by atoms with van der Waals surface area (Å²) in [6.07, 6.45) is 0. The molecule has 0 aliphatic heterocycles. The Hall–Kier alpha value is -2.83. The summed E-state index contributed by atoms with van der Waals surface area (Å²) < 4.78 is 6.79. The first-order valence-electron chi connectivity index (χ1n) is 8.35. The molecule has 25 heavy (non-hydrogen) atoms. The number of benzene rings is 2. The number of aromatic nitrogens is 1. The van der Waals surface area contributed by atoms with Crippen molar-refractivity contribution in [2.75, 3.05) is 13.7 Å². The lowest BCUT2D eigenvalue weighted by molar-refractivity contribution is 0.240. The second-order valence-corrected chi connectivity index (χ2v) is 6.20. The van der Waals surface area contributed by atoms with Crippen LogP contribution in [0.2, 0.25) is 0 Å². The van der Waals surface area contributed by atoms with Crippen LogP contribution in [0.5, 0.6) is 0 Å². The molecule has 0 atom stereocenters. The third kappa shape index (κ3) is 3.35. The van der Waals surface area contributed by atoms with Crippen molar-refractivity contribution in [1.82, 2.24) is 4.57 Å². The van der Waals surface area contributed by atoms with E-state index in [9.17, 15) is 4.79 Å². The molecular formula is C22H21NO2. The van der Waals surface area contributed by atoms with E-state index >= 15 is 0 Å². The average Bonchev–Trinajstić information content (AvgIpc) is 2.62. The lowest BCUT2D eigenvalue weighted by Crippen LogP contribution is -2.23. The van der Waals surface area contributed by atoms with E-state index in [1.165, 1.54) is 0 Å². The van der Waals surface area contributed by atoms with Crippen molar-refractivity contribution in [3.05, 3.63) is 76.2 Å². The number of hydrogen-bond acceptors (Lipinski definition) is 2. The Bertz CT molecular complexity index is 1010. The quantitative estimate of drug-likeness (QED) is 0.676. The highest BCUT2D eigenvalue weighted by Crippen LogP contribution is 2.23. The molecule has 3 nitrogen and oxygen atoms in total. The van der Waals surface area contributed by atoms with E-state index in [0.717, 1.165) is 22.3 Å². The van der Waals surface area contributed by atoms with Crippen molar-refractivity contribution < 1.29 is 4.74 Å². The molecule has 0 saturated carbocycles. The minimum atomic E-state index is -0.0327. The predicted molar refractivity (Wildman–Crippen MR) is 102 cm³/mol. The van der Waals surface area contributed by atoms with Gasteiger partial charge in [-0.15, -0.1) is 0 Å². The summed E-state index contributed by atoms with van der Waals surface area (Å²) in [7, 11) is 1.61. The minimum absolute atomic E-state index is 0.0327. The molecule has 0 aliphatic carbocycles. The molecule has 0 amide bonds. The zero-order valence-corrected chi connectivity index (χ0v) is 14.7. The van der Waals surface area contributed by atoms with Crippen molar-refractivity contribution in [3.63, 3.8) is 0 Å². The number of methoxy groups -OCH3 is 1. The summed E-state index contributed by atoms with van der Waals surface area (Å²) in [4.78, 5) is 13.4. The molecule has 0 spiro atoms. The molecule has 1 heterocycles. The Morgan fingerprint density at radius 3 is 2.52 bits per heavy atom. The topological polar surface area (TPSA) is 31.2 Å². The van der Waals surface area contributed by atoms with Crippen LogP contribution in [0.1, 0.15) is 31.0 Å². The van der Waals surface area contributed by atoms with Gasteiger partial charge in [-0.25, -0.2) is 0 Å². The highest BCUT2D eigenvalue weighted by molar-refractivity contribution is 5.88. The first kappa shape index (κ1) is 17.0. The first-order chi connectivity index (χ1) is 12.1. The van der Waals surface area contributed by atoms with Crippen molar-refractivity contribution in [1.29, 1.82) is 0 Å². The highest BCUT2D eigenvalue weighted by atomic mass is 16.5. The van der Waals surface area contributed by atoms with Crippen LogP contribution in [0.3, 0.4) is 0 Å². The Labute approximate surface area is 147 Å². The van der Waals surface area contributed by atoms with Crippen LogP contribution >= 0.6 is 0 Å².